The number of carbonyl (C=O) groups excluding carboxylic acids is 2. The average Bonchev–Trinajstić information content (AvgIpc) is 3.81. The van der Waals surface area contributed by atoms with Gasteiger partial charge in [0.1, 0.15) is 0 Å². The minimum atomic E-state index is -4.87. The van der Waals surface area contributed by atoms with Crippen molar-refractivity contribution in [1.82, 2.24) is 0 Å². The maximum atomic E-state index is 13.6. The van der Waals surface area contributed by atoms with Gasteiger partial charge in [-0.15, -0.1) is 0 Å². The number of ether oxygens (including phenoxy) is 2. The summed E-state index contributed by atoms with van der Waals surface area (Å²) in [5, 5.41) is 4.67. The van der Waals surface area contributed by atoms with Gasteiger partial charge in [-0.05, 0) is 73.9 Å². The van der Waals surface area contributed by atoms with Gasteiger partial charge in [-0.3, -0.25) is 10.6 Å². The molecular weight excluding hydrogens is 613 g/mol. The van der Waals surface area contributed by atoms with Crippen molar-refractivity contribution >= 4 is 46.8 Å². The van der Waals surface area contributed by atoms with Gasteiger partial charge in [0.25, 0.3) is 11.2 Å². The minimum Gasteiger partial charge on any atom is -0.415 e. The molecule has 6 rings (SSSR count). The van der Waals surface area contributed by atoms with Crippen molar-refractivity contribution in [2.45, 2.75) is 49.2 Å². The Morgan fingerprint density at radius 2 is 1.05 bits per heavy atom. The first kappa shape index (κ1) is 29.7. The Morgan fingerprint density at radius 1 is 0.690 bits per heavy atom. The Hall–Kier alpha value is -3.74. The fourth-order valence-electron chi connectivity index (χ4n) is 4.10. The molecule has 2 saturated carbocycles. The maximum absolute atomic E-state index is 13.6. The van der Waals surface area contributed by atoms with E-state index in [1.165, 1.54) is 24.3 Å². The zero-order valence-electron chi connectivity index (χ0n) is 21.1. The second kappa shape index (κ2) is 10.5. The van der Waals surface area contributed by atoms with Crippen molar-refractivity contribution in [2.75, 3.05) is 10.6 Å². The predicted molar refractivity (Wildman–Crippen MR) is 140 cm³/mol. The number of amides is 2. The number of alkyl halides is 6. The summed E-state index contributed by atoms with van der Waals surface area (Å²) in [5.74, 6) is 9.20. The van der Waals surface area contributed by atoms with Crippen LogP contribution in [0.2, 0.25) is 10.0 Å². The third-order valence-corrected chi connectivity index (χ3v) is 7.01. The molecule has 0 spiro atoms. The van der Waals surface area contributed by atoms with E-state index in [9.17, 15) is 35.9 Å². The first-order chi connectivity index (χ1) is 19.6. The maximum Gasteiger partial charge on any atom is 0.445 e. The Morgan fingerprint density at radius 3 is 1.36 bits per heavy atom. The van der Waals surface area contributed by atoms with Gasteiger partial charge in [-0.25, -0.2) is 9.59 Å². The van der Waals surface area contributed by atoms with Crippen LogP contribution in [-0.2, 0) is 20.7 Å². The summed E-state index contributed by atoms with van der Waals surface area (Å²) in [5.41, 5.74) is -6.54. The van der Waals surface area contributed by atoms with Gasteiger partial charge in [0.15, 0.2) is 0 Å². The molecule has 2 aromatic carbocycles. The fraction of sp³-hybridized carbons (Fsp3) is 0.357. The number of cyclic esters (lactones) is 2. The van der Waals surface area contributed by atoms with Crippen molar-refractivity contribution in [3.05, 3.63) is 57.6 Å². The second-order valence-electron chi connectivity index (χ2n) is 9.85. The van der Waals surface area contributed by atoms with E-state index in [4.69, 9.17) is 23.2 Å². The van der Waals surface area contributed by atoms with Crippen LogP contribution >= 0.6 is 23.2 Å². The van der Waals surface area contributed by atoms with E-state index in [2.05, 4.69) is 43.8 Å². The highest BCUT2D eigenvalue weighted by Crippen LogP contribution is 2.49. The van der Waals surface area contributed by atoms with E-state index >= 15 is 0 Å². The van der Waals surface area contributed by atoms with E-state index < -0.39 is 35.7 Å². The number of halogens is 8. The van der Waals surface area contributed by atoms with E-state index in [0.717, 1.165) is 37.8 Å². The zero-order valence-corrected chi connectivity index (χ0v) is 22.6. The number of anilines is 2. The second-order valence-corrected chi connectivity index (χ2v) is 10.7. The number of carbonyl (C=O) groups is 2. The molecule has 2 aliphatic carbocycles. The van der Waals surface area contributed by atoms with Crippen LogP contribution < -0.4 is 10.6 Å². The van der Waals surface area contributed by atoms with Crippen molar-refractivity contribution < 1.29 is 45.4 Å². The van der Waals surface area contributed by atoms with E-state index in [0.29, 0.717) is 0 Å². The monoisotopic (exact) mass is 630 g/mol. The molecule has 2 fully saturated rings. The smallest absolute Gasteiger partial charge is 0.415 e. The number of benzene rings is 2. The number of rotatable bonds is 0. The highest BCUT2D eigenvalue weighted by atomic mass is 35.5. The van der Waals surface area contributed by atoms with E-state index in [1.54, 1.807) is 0 Å². The van der Waals surface area contributed by atoms with Gasteiger partial charge in [0.05, 0.1) is 11.4 Å². The molecule has 4 aliphatic rings. The summed E-state index contributed by atoms with van der Waals surface area (Å²) in [7, 11) is 0. The van der Waals surface area contributed by atoms with Crippen LogP contribution in [0.3, 0.4) is 0 Å². The average molecular weight is 631 g/mol. The Bertz CT molecular complexity index is 1460. The van der Waals surface area contributed by atoms with E-state index in [-0.39, 0.29) is 44.4 Å². The molecule has 2 atom stereocenters. The molecule has 2 heterocycles. The number of fused-ring (bicyclic) bond motifs is 2. The minimum absolute atomic E-state index is 0.00179. The number of hydrogen-bond acceptors (Lipinski definition) is 4. The van der Waals surface area contributed by atoms with E-state index in [1.807, 2.05) is 0 Å². The Kier molecular flexibility index (Phi) is 7.45. The third kappa shape index (κ3) is 5.79. The molecule has 2 aromatic rings. The number of hydrogen-bond donors (Lipinski definition) is 2. The van der Waals surface area contributed by atoms with Crippen LogP contribution in [0.15, 0.2) is 36.4 Å². The van der Waals surface area contributed by atoms with Gasteiger partial charge >= 0.3 is 24.5 Å². The van der Waals surface area contributed by atoms with Gasteiger partial charge in [-0.2, -0.15) is 26.3 Å². The molecule has 0 saturated heterocycles. The molecule has 42 heavy (non-hydrogen) atoms. The molecule has 0 unspecified atom stereocenters. The molecular formula is C28H18Cl2F6N2O4. The summed E-state index contributed by atoms with van der Waals surface area (Å²) in [6.07, 6.45) is -9.08. The normalized spacial score (nSPS) is 24.3. The highest BCUT2D eigenvalue weighted by molar-refractivity contribution is 6.31. The van der Waals surface area contributed by atoms with Crippen molar-refractivity contribution in [1.29, 1.82) is 0 Å². The van der Waals surface area contributed by atoms with Crippen LogP contribution in [-0.4, -0.2) is 24.5 Å². The third-order valence-electron chi connectivity index (χ3n) is 6.54. The largest absolute Gasteiger partial charge is 0.445 e. The summed E-state index contributed by atoms with van der Waals surface area (Å²) in [6.45, 7) is 0. The lowest BCUT2D eigenvalue weighted by molar-refractivity contribution is -0.239. The first-order valence-corrected chi connectivity index (χ1v) is 13.2. The van der Waals surface area contributed by atoms with Crippen LogP contribution in [0.25, 0.3) is 0 Å². The number of nitrogens with one attached hydrogen (secondary N) is 2. The lowest BCUT2D eigenvalue weighted by Crippen LogP contribution is -2.49. The molecule has 0 radical (unpaired) electrons. The molecule has 0 aromatic heterocycles. The summed E-state index contributed by atoms with van der Waals surface area (Å²) >= 11 is 11.6. The highest BCUT2D eigenvalue weighted by Gasteiger charge is 2.63. The summed E-state index contributed by atoms with van der Waals surface area (Å²) in [4.78, 5) is 23.0. The molecule has 6 nitrogen and oxygen atoms in total. The summed E-state index contributed by atoms with van der Waals surface area (Å²) in [6, 6.07) is 7.62. The molecule has 14 heteroatoms. The van der Waals surface area contributed by atoms with Gasteiger partial charge < -0.3 is 9.47 Å². The molecule has 2 N–H and O–H groups in total. The lowest BCUT2D eigenvalue weighted by atomic mass is 9.90. The first-order valence-electron chi connectivity index (χ1n) is 12.4. The standard InChI is InChI=1S/2C14H9ClF3NO2/c2*15-9-3-4-11-10(7-9)13(14(16,17)18,21-12(20)19-11)6-5-8-1-2-8/h2*3-4,7-8H,1-2H2,(H,19,20)/t2*13-/m00/s1. The van der Waals surface area contributed by atoms with Crippen molar-refractivity contribution in [2.24, 2.45) is 11.8 Å². The quantitative estimate of drug-likeness (QED) is 0.227. The Labute approximate surface area is 245 Å². The molecule has 220 valence electrons. The molecule has 2 amide bonds. The SMILES string of the molecule is O=C1Nc2ccc(Cl)cc2[C@@](C#CC2CC2)(C(F)(F)F)O1.O=C1Nc2ccc(Cl)cc2[C@@](C#CC2CC2)(C(F)(F)F)O1. The molecule has 2 aliphatic heterocycles. The lowest BCUT2D eigenvalue weighted by Gasteiger charge is -2.35. The Balaban J connectivity index is 0.000000168. The van der Waals surface area contributed by atoms with Gasteiger partial charge in [0, 0.05) is 33.0 Å². The molecule has 0 bridgehead atoms. The van der Waals surface area contributed by atoms with Crippen molar-refractivity contribution in [3.8, 4) is 23.7 Å². The van der Waals surface area contributed by atoms with Crippen LogP contribution in [0, 0.1) is 35.5 Å². The van der Waals surface area contributed by atoms with Crippen LogP contribution in [0.4, 0.5) is 47.3 Å². The van der Waals surface area contributed by atoms with Crippen molar-refractivity contribution in [3.63, 3.8) is 0 Å². The summed E-state index contributed by atoms with van der Waals surface area (Å²) < 4.78 is 90.8. The van der Waals surface area contributed by atoms with Gasteiger partial charge in [-0.1, -0.05) is 35.0 Å². The van der Waals surface area contributed by atoms with Crippen LogP contribution in [0.5, 0.6) is 0 Å². The van der Waals surface area contributed by atoms with Crippen LogP contribution in [0.1, 0.15) is 36.8 Å². The predicted octanol–water partition coefficient (Wildman–Crippen LogP) is 8.15. The topological polar surface area (TPSA) is 76.7 Å². The zero-order chi connectivity index (χ0) is 30.5. The van der Waals surface area contributed by atoms with Gasteiger partial charge in [0.2, 0.25) is 0 Å². The fourth-order valence-corrected chi connectivity index (χ4v) is 4.45.